The highest BCUT2D eigenvalue weighted by molar-refractivity contribution is 5.89. The maximum Gasteiger partial charge on any atom is 0.338 e. The Morgan fingerprint density at radius 3 is 2.00 bits per heavy atom. The van der Waals surface area contributed by atoms with Gasteiger partial charge in [0.15, 0.2) is 0 Å². The van der Waals surface area contributed by atoms with Crippen molar-refractivity contribution in [2.75, 3.05) is 58.1 Å². The van der Waals surface area contributed by atoms with Gasteiger partial charge in [-0.3, -0.25) is 20.2 Å². The van der Waals surface area contributed by atoms with Crippen molar-refractivity contribution in [1.82, 2.24) is 0 Å². The van der Waals surface area contributed by atoms with Crippen LogP contribution in [0.2, 0.25) is 0 Å². The highest BCUT2D eigenvalue weighted by Crippen LogP contribution is 2.28. The number of rotatable bonds is 16. The normalized spacial score (nSPS) is 10.5. The molecule has 1 N–H and O–H groups in total. The van der Waals surface area contributed by atoms with Gasteiger partial charge in [-0.2, -0.15) is 0 Å². The average Bonchev–Trinajstić information content (AvgIpc) is 2.82. The van der Waals surface area contributed by atoms with E-state index in [9.17, 15) is 25.0 Å². The highest BCUT2D eigenvalue weighted by Gasteiger charge is 2.18. The van der Waals surface area contributed by atoms with Crippen molar-refractivity contribution >= 4 is 23.0 Å². The molecule has 0 aliphatic rings. The molecule has 0 aliphatic heterocycles. The van der Waals surface area contributed by atoms with Crippen molar-refractivity contribution in [3.05, 3.63) is 74.3 Å². The molecule has 2 rings (SSSR count). The molecule has 0 aliphatic carbocycles. The molecule has 0 spiro atoms. The predicted octanol–water partition coefficient (Wildman–Crippen LogP) is 2.82. The van der Waals surface area contributed by atoms with E-state index in [0.29, 0.717) is 32.0 Å². The van der Waals surface area contributed by atoms with E-state index in [4.69, 9.17) is 18.9 Å². The number of carbonyl (C=O) groups excluding carboxylic acids is 1. The molecule has 0 unspecified atom stereocenters. The summed E-state index contributed by atoms with van der Waals surface area (Å²) in [6.07, 6.45) is 0. The molecule has 2 aromatic rings. The number of non-ortho nitro benzene ring substituents is 1. The molecule has 0 bridgehead atoms. The number of anilines is 1. The van der Waals surface area contributed by atoms with Crippen LogP contribution in [0.5, 0.6) is 0 Å². The lowest BCUT2D eigenvalue weighted by Crippen LogP contribution is -2.15. The number of nitrogens with one attached hydrogen (secondary N) is 1. The van der Waals surface area contributed by atoms with Gasteiger partial charge in [0.05, 0.1) is 61.1 Å². The van der Waals surface area contributed by atoms with E-state index in [-0.39, 0.29) is 43.4 Å². The Morgan fingerprint density at radius 1 is 0.788 bits per heavy atom. The van der Waals surface area contributed by atoms with Crippen LogP contribution < -0.4 is 5.32 Å². The van der Waals surface area contributed by atoms with E-state index in [0.717, 1.165) is 6.07 Å². The smallest absolute Gasteiger partial charge is 0.338 e. The SMILES string of the molecule is O=C(OCCOCCOCCOCCNc1ccc([N+](=O)[O-])cc1[N+](=O)[O-])c1ccccc1. The Bertz CT molecular complexity index is 909. The monoisotopic (exact) mass is 463 g/mol. The average molecular weight is 463 g/mol. The number of benzene rings is 2. The molecule has 2 aromatic carbocycles. The van der Waals surface area contributed by atoms with E-state index in [1.54, 1.807) is 24.3 Å². The molecule has 0 heterocycles. The fourth-order valence-corrected chi connectivity index (χ4v) is 2.58. The molecule has 0 atom stereocenters. The van der Waals surface area contributed by atoms with Crippen LogP contribution in [0.25, 0.3) is 0 Å². The number of ether oxygens (including phenoxy) is 4. The predicted molar refractivity (Wildman–Crippen MR) is 117 cm³/mol. The Hall–Kier alpha value is -3.61. The van der Waals surface area contributed by atoms with Gasteiger partial charge in [-0.25, -0.2) is 4.79 Å². The van der Waals surface area contributed by atoms with E-state index in [2.05, 4.69) is 5.32 Å². The largest absolute Gasteiger partial charge is 0.460 e. The quantitative estimate of drug-likeness (QED) is 0.170. The van der Waals surface area contributed by atoms with Gasteiger partial charge >= 0.3 is 5.97 Å². The second kappa shape index (κ2) is 14.5. The maximum absolute atomic E-state index is 11.7. The number of nitro benzene ring substituents is 2. The first-order valence-corrected chi connectivity index (χ1v) is 10.1. The van der Waals surface area contributed by atoms with Crippen LogP contribution in [0, 0.1) is 20.2 Å². The van der Waals surface area contributed by atoms with Gasteiger partial charge < -0.3 is 24.3 Å². The minimum atomic E-state index is -0.689. The zero-order valence-electron chi connectivity index (χ0n) is 17.8. The van der Waals surface area contributed by atoms with Gasteiger partial charge in [0, 0.05) is 12.6 Å². The van der Waals surface area contributed by atoms with Crippen molar-refractivity contribution in [2.24, 2.45) is 0 Å². The lowest BCUT2D eigenvalue weighted by molar-refractivity contribution is -0.393. The molecule has 0 fully saturated rings. The van der Waals surface area contributed by atoms with Crippen molar-refractivity contribution < 1.29 is 33.6 Å². The minimum absolute atomic E-state index is 0.150. The molecular weight excluding hydrogens is 438 g/mol. The van der Waals surface area contributed by atoms with Gasteiger partial charge in [0.2, 0.25) is 0 Å². The Kier molecular flexibility index (Phi) is 11.2. The zero-order valence-corrected chi connectivity index (χ0v) is 17.8. The summed E-state index contributed by atoms with van der Waals surface area (Å²) in [5, 5.41) is 24.6. The number of carbonyl (C=O) groups is 1. The Labute approximate surface area is 189 Å². The van der Waals surface area contributed by atoms with E-state index in [1.807, 2.05) is 6.07 Å². The molecule has 33 heavy (non-hydrogen) atoms. The first kappa shape index (κ1) is 25.6. The lowest BCUT2D eigenvalue weighted by atomic mass is 10.2. The van der Waals surface area contributed by atoms with Crippen LogP contribution in [-0.4, -0.2) is 68.6 Å². The molecule has 0 amide bonds. The molecule has 12 heteroatoms. The standard InChI is InChI=1S/C21H25N3O9/c25-21(17-4-2-1-3-5-17)33-15-14-32-13-12-31-11-10-30-9-8-22-19-7-6-18(23(26)27)16-20(19)24(28)29/h1-7,16,22H,8-15H2. The van der Waals surface area contributed by atoms with Gasteiger partial charge in [-0.15, -0.1) is 0 Å². The van der Waals surface area contributed by atoms with Gasteiger partial charge in [0.1, 0.15) is 12.3 Å². The molecular formula is C21H25N3O9. The third-order valence-electron chi connectivity index (χ3n) is 4.17. The molecule has 178 valence electrons. The summed E-state index contributed by atoms with van der Waals surface area (Å²) in [4.78, 5) is 32.2. The first-order chi connectivity index (χ1) is 16.0. The number of nitro groups is 2. The highest BCUT2D eigenvalue weighted by atomic mass is 16.6. The van der Waals surface area contributed by atoms with Crippen molar-refractivity contribution in [3.8, 4) is 0 Å². The Morgan fingerprint density at radius 2 is 1.39 bits per heavy atom. The van der Waals surface area contributed by atoms with Crippen LogP contribution in [0.15, 0.2) is 48.5 Å². The van der Waals surface area contributed by atoms with Crippen molar-refractivity contribution in [2.45, 2.75) is 0 Å². The summed E-state index contributed by atoms with van der Waals surface area (Å²) in [5.74, 6) is -0.398. The zero-order chi connectivity index (χ0) is 23.9. The molecule has 0 radical (unpaired) electrons. The van der Waals surface area contributed by atoms with Gasteiger partial charge in [0.25, 0.3) is 11.4 Å². The first-order valence-electron chi connectivity index (χ1n) is 10.1. The summed E-state index contributed by atoms with van der Waals surface area (Å²) < 4.78 is 21.1. The number of nitrogens with zero attached hydrogens (tertiary/aromatic N) is 2. The summed E-state index contributed by atoms with van der Waals surface area (Å²) in [5.41, 5.74) is -0.0563. The lowest BCUT2D eigenvalue weighted by Gasteiger charge is -2.09. The van der Waals surface area contributed by atoms with Crippen LogP contribution in [0.3, 0.4) is 0 Å². The van der Waals surface area contributed by atoms with Crippen molar-refractivity contribution in [1.29, 1.82) is 0 Å². The topological polar surface area (TPSA) is 152 Å². The third kappa shape index (κ3) is 9.60. The second-order valence-corrected chi connectivity index (χ2v) is 6.48. The fraction of sp³-hybridized carbons (Fsp3) is 0.381. The second-order valence-electron chi connectivity index (χ2n) is 6.48. The van der Waals surface area contributed by atoms with Crippen LogP contribution in [0.1, 0.15) is 10.4 Å². The van der Waals surface area contributed by atoms with E-state index in [1.165, 1.54) is 12.1 Å². The van der Waals surface area contributed by atoms with Gasteiger partial charge in [-0.05, 0) is 18.2 Å². The van der Waals surface area contributed by atoms with Crippen molar-refractivity contribution in [3.63, 3.8) is 0 Å². The third-order valence-corrected chi connectivity index (χ3v) is 4.17. The number of hydrogen-bond acceptors (Lipinski definition) is 10. The summed E-state index contributed by atoms with van der Waals surface area (Å²) in [7, 11) is 0. The summed E-state index contributed by atoms with van der Waals surface area (Å²) >= 11 is 0. The minimum Gasteiger partial charge on any atom is -0.460 e. The van der Waals surface area contributed by atoms with Gasteiger partial charge in [-0.1, -0.05) is 18.2 Å². The summed E-state index contributed by atoms with van der Waals surface area (Å²) in [6.45, 7) is 2.31. The summed E-state index contributed by atoms with van der Waals surface area (Å²) in [6, 6.07) is 12.1. The molecule has 12 nitrogen and oxygen atoms in total. The number of esters is 1. The van der Waals surface area contributed by atoms with Crippen LogP contribution in [0.4, 0.5) is 17.1 Å². The fourth-order valence-electron chi connectivity index (χ4n) is 2.58. The maximum atomic E-state index is 11.7. The van der Waals surface area contributed by atoms with E-state index < -0.39 is 15.8 Å². The molecule has 0 saturated heterocycles. The van der Waals surface area contributed by atoms with E-state index >= 15 is 0 Å². The molecule has 0 saturated carbocycles. The number of hydrogen-bond donors (Lipinski definition) is 1. The van der Waals surface area contributed by atoms with Crippen LogP contribution >= 0.6 is 0 Å². The van der Waals surface area contributed by atoms with Crippen LogP contribution in [-0.2, 0) is 18.9 Å². The molecule has 0 aromatic heterocycles. The Balaban J connectivity index is 1.46.